The van der Waals surface area contributed by atoms with E-state index < -0.39 is 18.7 Å². The molecule has 31 heavy (non-hydrogen) atoms. The molecule has 1 aromatic carbocycles. The lowest BCUT2D eigenvalue weighted by atomic mass is 10.0. The van der Waals surface area contributed by atoms with Gasteiger partial charge in [0, 0.05) is 18.0 Å². The molecular weight excluding hydrogens is 416 g/mol. The molecule has 0 unspecified atom stereocenters. The number of hydrogen-bond acceptors (Lipinski definition) is 5. The number of halogens is 4. The van der Waals surface area contributed by atoms with Crippen LogP contribution in [-0.2, 0) is 13.1 Å². The van der Waals surface area contributed by atoms with E-state index in [-0.39, 0.29) is 11.5 Å². The fourth-order valence-corrected chi connectivity index (χ4v) is 3.51. The van der Waals surface area contributed by atoms with Gasteiger partial charge in [0.2, 0.25) is 5.95 Å². The predicted octanol–water partition coefficient (Wildman–Crippen LogP) is 3.96. The van der Waals surface area contributed by atoms with Gasteiger partial charge < -0.3 is 9.30 Å². The highest BCUT2D eigenvalue weighted by Gasteiger charge is 2.31. The van der Waals surface area contributed by atoms with Crippen LogP contribution >= 0.6 is 0 Å². The summed E-state index contributed by atoms with van der Waals surface area (Å²) in [5.41, 5.74) is 1.73. The Morgan fingerprint density at radius 3 is 2.74 bits per heavy atom. The van der Waals surface area contributed by atoms with Crippen molar-refractivity contribution in [3.63, 3.8) is 0 Å². The third-order valence-electron chi connectivity index (χ3n) is 4.83. The molecule has 0 saturated heterocycles. The molecule has 0 amide bonds. The number of nitrogens with zero attached hydrogens (tertiary/aromatic N) is 6. The maximum absolute atomic E-state index is 14.2. The minimum absolute atomic E-state index is 0.00910. The molecule has 5 rings (SSSR count). The number of fused-ring (bicyclic) bond motifs is 3. The fourth-order valence-electron chi connectivity index (χ4n) is 3.51. The van der Waals surface area contributed by atoms with Crippen LogP contribution in [0.15, 0.2) is 49.1 Å². The van der Waals surface area contributed by atoms with Crippen LogP contribution in [-0.4, -0.2) is 42.1 Å². The van der Waals surface area contributed by atoms with E-state index >= 15 is 0 Å². The molecular formula is C20H14F4N6O. The summed E-state index contributed by atoms with van der Waals surface area (Å²) < 4.78 is 61.1. The summed E-state index contributed by atoms with van der Waals surface area (Å²) in [6.07, 6.45) is -0.405. The average molecular weight is 430 g/mol. The van der Waals surface area contributed by atoms with E-state index in [0.29, 0.717) is 41.4 Å². The van der Waals surface area contributed by atoms with Gasteiger partial charge in [-0.05, 0) is 29.8 Å². The number of imidazole rings is 1. The summed E-state index contributed by atoms with van der Waals surface area (Å²) in [7, 11) is 0. The van der Waals surface area contributed by atoms with Crippen molar-refractivity contribution in [2.24, 2.45) is 0 Å². The second kappa shape index (κ2) is 7.18. The zero-order valence-electron chi connectivity index (χ0n) is 15.8. The first-order valence-corrected chi connectivity index (χ1v) is 9.29. The van der Waals surface area contributed by atoms with Gasteiger partial charge in [0.15, 0.2) is 5.82 Å². The molecule has 1 aliphatic rings. The minimum atomic E-state index is -4.44. The number of benzene rings is 1. The molecule has 1 aliphatic heterocycles. The Kier molecular flexibility index (Phi) is 4.45. The molecule has 11 heteroatoms. The minimum Gasteiger partial charge on any atom is -0.491 e. The molecule has 0 bridgehead atoms. The summed E-state index contributed by atoms with van der Waals surface area (Å²) >= 11 is 0. The largest absolute Gasteiger partial charge is 0.491 e. The van der Waals surface area contributed by atoms with Gasteiger partial charge in [-0.3, -0.25) is 0 Å². The molecule has 0 saturated carbocycles. The lowest BCUT2D eigenvalue weighted by Crippen LogP contribution is -2.19. The van der Waals surface area contributed by atoms with Crippen molar-refractivity contribution in [1.82, 2.24) is 29.3 Å². The lowest BCUT2D eigenvalue weighted by Gasteiger charge is -2.09. The van der Waals surface area contributed by atoms with E-state index in [1.807, 2.05) is 0 Å². The Labute approximate surface area is 173 Å². The quantitative estimate of drug-likeness (QED) is 0.364. The standard InChI is InChI=1S/C20H14F4N6O/c21-17-13(2-1-5-25-17)12-3-4-16-14(8-12)18-28-15(9-29(18)6-7-31-16)19-26-11-27-30(19)10-20(22,23)24/h1-5,8-9,11H,6-7,10H2. The van der Waals surface area contributed by atoms with Crippen LogP contribution in [0.2, 0.25) is 0 Å². The Bertz CT molecular complexity index is 1260. The summed E-state index contributed by atoms with van der Waals surface area (Å²) in [5.74, 6) is 0.423. The van der Waals surface area contributed by atoms with Crippen LogP contribution in [0, 0.1) is 5.95 Å². The summed E-state index contributed by atoms with van der Waals surface area (Å²) in [6.45, 7) is -0.499. The van der Waals surface area contributed by atoms with Crippen LogP contribution in [0.4, 0.5) is 17.6 Å². The third kappa shape index (κ3) is 3.62. The van der Waals surface area contributed by atoms with Gasteiger partial charge in [-0.1, -0.05) is 6.07 Å². The lowest BCUT2D eigenvalue weighted by molar-refractivity contribution is -0.142. The van der Waals surface area contributed by atoms with Crippen molar-refractivity contribution >= 4 is 0 Å². The van der Waals surface area contributed by atoms with Gasteiger partial charge in [-0.25, -0.2) is 19.6 Å². The van der Waals surface area contributed by atoms with Crippen molar-refractivity contribution in [3.05, 3.63) is 55.0 Å². The van der Waals surface area contributed by atoms with Gasteiger partial charge >= 0.3 is 6.18 Å². The fraction of sp³-hybridized carbons (Fsp3) is 0.200. The van der Waals surface area contributed by atoms with Gasteiger partial charge in [-0.2, -0.15) is 22.7 Å². The highest BCUT2D eigenvalue weighted by Crippen LogP contribution is 2.37. The predicted molar refractivity (Wildman–Crippen MR) is 101 cm³/mol. The number of pyridine rings is 1. The van der Waals surface area contributed by atoms with Crippen LogP contribution in [0.3, 0.4) is 0 Å². The summed E-state index contributed by atoms with van der Waals surface area (Å²) in [6, 6.07) is 8.40. The molecule has 0 aliphatic carbocycles. The van der Waals surface area contributed by atoms with Crippen molar-refractivity contribution in [3.8, 4) is 39.8 Å². The van der Waals surface area contributed by atoms with Crippen molar-refractivity contribution < 1.29 is 22.3 Å². The van der Waals surface area contributed by atoms with E-state index in [1.165, 1.54) is 6.20 Å². The second-order valence-electron chi connectivity index (χ2n) is 6.90. The maximum Gasteiger partial charge on any atom is 0.408 e. The average Bonchev–Trinajstić information content (AvgIpc) is 3.30. The van der Waals surface area contributed by atoms with Crippen molar-refractivity contribution in [2.75, 3.05) is 6.61 Å². The molecule has 4 heterocycles. The Morgan fingerprint density at radius 2 is 1.94 bits per heavy atom. The normalized spacial score (nSPS) is 13.3. The van der Waals surface area contributed by atoms with Crippen LogP contribution < -0.4 is 4.74 Å². The topological polar surface area (TPSA) is 70.7 Å². The second-order valence-corrected chi connectivity index (χ2v) is 6.90. The molecule has 7 nitrogen and oxygen atoms in total. The monoisotopic (exact) mass is 430 g/mol. The molecule has 4 aromatic rings. The van der Waals surface area contributed by atoms with E-state index in [4.69, 9.17) is 4.74 Å². The first-order chi connectivity index (χ1) is 14.9. The van der Waals surface area contributed by atoms with Crippen LogP contribution in [0.25, 0.3) is 34.0 Å². The zero-order chi connectivity index (χ0) is 21.6. The number of hydrogen-bond donors (Lipinski definition) is 0. The molecule has 0 spiro atoms. The zero-order valence-corrected chi connectivity index (χ0v) is 15.8. The van der Waals surface area contributed by atoms with Gasteiger partial charge in [-0.15, -0.1) is 0 Å². The van der Waals surface area contributed by atoms with Gasteiger partial charge in [0.05, 0.1) is 12.1 Å². The third-order valence-corrected chi connectivity index (χ3v) is 4.83. The highest BCUT2D eigenvalue weighted by atomic mass is 19.4. The van der Waals surface area contributed by atoms with Crippen LogP contribution in [0.1, 0.15) is 0 Å². The molecule has 0 atom stereocenters. The van der Waals surface area contributed by atoms with Crippen LogP contribution in [0.5, 0.6) is 5.75 Å². The van der Waals surface area contributed by atoms with E-state index in [9.17, 15) is 17.6 Å². The first-order valence-electron chi connectivity index (χ1n) is 9.29. The molecule has 158 valence electrons. The molecule has 3 aromatic heterocycles. The summed E-state index contributed by atoms with van der Waals surface area (Å²) in [4.78, 5) is 12.2. The molecule has 0 radical (unpaired) electrons. The Hall–Kier alpha value is -3.76. The highest BCUT2D eigenvalue weighted by molar-refractivity contribution is 5.76. The first kappa shape index (κ1) is 19.2. The van der Waals surface area contributed by atoms with E-state index in [2.05, 4.69) is 20.1 Å². The van der Waals surface area contributed by atoms with Gasteiger partial charge in [0.1, 0.15) is 36.7 Å². The summed E-state index contributed by atoms with van der Waals surface area (Å²) in [5, 5.41) is 3.67. The number of alkyl halides is 3. The van der Waals surface area contributed by atoms with Crippen molar-refractivity contribution in [1.29, 1.82) is 0 Å². The van der Waals surface area contributed by atoms with E-state index in [0.717, 1.165) is 11.0 Å². The smallest absolute Gasteiger partial charge is 0.408 e. The Morgan fingerprint density at radius 1 is 1.06 bits per heavy atom. The number of rotatable bonds is 3. The maximum atomic E-state index is 14.2. The number of ether oxygens (including phenoxy) is 1. The number of aromatic nitrogens is 6. The van der Waals surface area contributed by atoms with Gasteiger partial charge in [0.25, 0.3) is 0 Å². The Balaban J connectivity index is 1.60. The molecule has 0 N–H and O–H groups in total. The van der Waals surface area contributed by atoms with E-state index in [1.54, 1.807) is 41.1 Å². The SMILES string of the molecule is Fc1ncccc1-c1ccc2c(c1)-c1nc(-c3ncnn3CC(F)(F)F)cn1CCO2. The molecule has 0 fully saturated rings. The van der Waals surface area contributed by atoms with Crippen molar-refractivity contribution in [2.45, 2.75) is 19.3 Å².